The van der Waals surface area contributed by atoms with Gasteiger partial charge in [0.1, 0.15) is 11.5 Å². The van der Waals surface area contributed by atoms with Gasteiger partial charge in [-0.1, -0.05) is 13.0 Å². The van der Waals surface area contributed by atoms with E-state index in [9.17, 15) is 4.79 Å². The van der Waals surface area contributed by atoms with Crippen LogP contribution in [0, 0.1) is 6.92 Å². The van der Waals surface area contributed by atoms with Crippen LogP contribution >= 0.6 is 0 Å². The van der Waals surface area contributed by atoms with Gasteiger partial charge in [-0.25, -0.2) is 0 Å². The van der Waals surface area contributed by atoms with Crippen molar-refractivity contribution < 1.29 is 14.3 Å². The zero-order valence-corrected chi connectivity index (χ0v) is 8.66. The van der Waals surface area contributed by atoms with Crippen LogP contribution in [-0.4, -0.2) is 13.1 Å². The Hall–Kier alpha value is -1.51. The van der Waals surface area contributed by atoms with Crippen LogP contribution in [0.15, 0.2) is 18.2 Å². The van der Waals surface area contributed by atoms with Gasteiger partial charge in [-0.15, -0.1) is 0 Å². The molecule has 0 aromatic heterocycles. The van der Waals surface area contributed by atoms with Gasteiger partial charge in [-0.05, 0) is 18.6 Å². The minimum Gasteiger partial charge on any atom is -0.497 e. The minimum absolute atomic E-state index is 0.235. The molecule has 0 unspecified atom stereocenters. The molecule has 1 rings (SSSR count). The molecule has 3 nitrogen and oxygen atoms in total. The van der Waals surface area contributed by atoms with Crippen molar-refractivity contribution in [2.45, 2.75) is 20.3 Å². The number of methoxy groups -OCH3 is 1. The zero-order valence-electron chi connectivity index (χ0n) is 8.66. The Morgan fingerprint density at radius 2 is 2.14 bits per heavy atom. The minimum atomic E-state index is -0.235. The highest BCUT2D eigenvalue weighted by Crippen LogP contribution is 2.24. The maximum atomic E-state index is 11.1. The van der Waals surface area contributed by atoms with Crippen molar-refractivity contribution in [3.63, 3.8) is 0 Å². The molecule has 0 aliphatic heterocycles. The molecule has 0 spiro atoms. The van der Waals surface area contributed by atoms with E-state index in [1.54, 1.807) is 20.1 Å². The molecule has 0 fully saturated rings. The van der Waals surface area contributed by atoms with Gasteiger partial charge >= 0.3 is 5.97 Å². The lowest BCUT2D eigenvalue weighted by molar-refractivity contribution is -0.134. The second-order valence-electron chi connectivity index (χ2n) is 2.96. The maximum absolute atomic E-state index is 11.1. The van der Waals surface area contributed by atoms with Gasteiger partial charge in [-0.2, -0.15) is 0 Å². The number of benzene rings is 1. The summed E-state index contributed by atoms with van der Waals surface area (Å²) in [5.74, 6) is 1.02. The predicted molar refractivity (Wildman–Crippen MR) is 53.7 cm³/mol. The number of rotatable bonds is 3. The first-order valence-corrected chi connectivity index (χ1v) is 4.52. The topological polar surface area (TPSA) is 35.5 Å². The Labute approximate surface area is 83.6 Å². The molecule has 0 atom stereocenters. The molecular weight excluding hydrogens is 180 g/mol. The lowest BCUT2D eigenvalue weighted by atomic mass is 10.2. The fraction of sp³-hybridized carbons (Fsp3) is 0.364. The predicted octanol–water partition coefficient (Wildman–Crippen LogP) is 2.32. The number of hydrogen-bond donors (Lipinski definition) is 0. The van der Waals surface area contributed by atoms with Crippen LogP contribution in [0.4, 0.5) is 0 Å². The van der Waals surface area contributed by atoms with Gasteiger partial charge < -0.3 is 9.47 Å². The molecule has 0 saturated heterocycles. The van der Waals surface area contributed by atoms with Crippen LogP contribution < -0.4 is 9.47 Å². The van der Waals surface area contributed by atoms with Gasteiger partial charge in [0.05, 0.1) is 7.11 Å². The fourth-order valence-corrected chi connectivity index (χ4v) is 1.01. The second-order valence-corrected chi connectivity index (χ2v) is 2.96. The molecule has 0 heterocycles. The zero-order chi connectivity index (χ0) is 10.6. The molecule has 1 aromatic rings. The fourth-order valence-electron chi connectivity index (χ4n) is 1.01. The first-order valence-electron chi connectivity index (χ1n) is 4.52. The van der Waals surface area contributed by atoms with Crippen molar-refractivity contribution >= 4 is 5.97 Å². The van der Waals surface area contributed by atoms with Crippen LogP contribution in [0.3, 0.4) is 0 Å². The van der Waals surface area contributed by atoms with E-state index in [1.165, 1.54) is 0 Å². The maximum Gasteiger partial charge on any atom is 0.310 e. The Morgan fingerprint density at radius 3 is 2.71 bits per heavy atom. The van der Waals surface area contributed by atoms with Crippen molar-refractivity contribution in [2.75, 3.05) is 7.11 Å². The third kappa shape index (κ3) is 2.49. The molecule has 0 radical (unpaired) electrons. The van der Waals surface area contributed by atoms with Crippen molar-refractivity contribution in [2.24, 2.45) is 0 Å². The molecule has 76 valence electrons. The summed E-state index contributed by atoms with van der Waals surface area (Å²) < 4.78 is 10.2. The third-order valence-electron chi connectivity index (χ3n) is 1.91. The molecule has 0 aliphatic carbocycles. The van der Waals surface area contributed by atoms with Crippen LogP contribution in [0.2, 0.25) is 0 Å². The van der Waals surface area contributed by atoms with E-state index in [0.717, 1.165) is 5.56 Å². The van der Waals surface area contributed by atoms with Crippen LogP contribution in [-0.2, 0) is 4.79 Å². The quantitative estimate of drug-likeness (QED) is 0.547. The smallest absolute Gasteiger partial charge is 0.310 e. The summed E-state index contributed by atoms with van der Waals surface area (Å²) in [4.78, 5) is 11.1. The van der Waals surface area contributed by atoms with Gasteiger partial charge in [0.2, 0.25) is 0 Å². The SMILES string of the molecule is CCC(=O)Oc1cc(OC)ccc1C. The molecule has 3 heteroatoms. The Kier molecular flexibility index (Phi) is 3.51. The summed E-state index contributed by atoms with van der Waals surface area (Å²) in [5, 5.41) is 0. The van der Waals surface area contributed by atoms with Gasteiger partial charge in [0, 0.05) is 12.5 Å². The third-order valence-corrected chi connectivity index (χ3v) is 1.91. The first-order chi connectivity index (χ1) is 6.67. The monoisotopic (exact) mass is 194 g/mol. The molecule has 0 aliphatic rings. The molecule has 14 heavy (non-hydrogen) atoms. The number of esters is 1. The van der Waals surface area contributed by atoms with E-state index in [2.05, 4.69) is 0 Å². The highest BCUT2D eigenvalue weighted by molar-refractivity contribution is 5.72. The average Bonchev–Trinajstić information content (AvgIpc) is 2.21. The molecule has 0 bridgehead atoms. The summed E-state index contributed by atoms with van der Waals surface area (Å²) in [6.45, 7) is 3.65. The summed E-state index contributed by atoms with van der Waals surface area (Å²) in [6.07, 6.45) is 0.372. The summed E-state index contributed by atoms with van der Waals surface area (Å²) in [7, 11) is 1.58. The van der Waals surface area contributed by atoms with Crippen LogP contribution in [0.25, 0.3) is 0 Å². The second kappa shape index (κ2) is 4.65. The summed E-state index contributed by atoms with van der Waals surface area (Å²) >= 11 is 0. The van der Waals surface area contributed by atoms with Crippen molar-refractivity contribution in [3.05, 3.63) is 23.8 Å². The normalized spacial score (nSPS) is 9.64. The molecule has 0 N–H and O–H groups in total. The largest absolute Gasteiger partial charge is 0.497 e. The van der Waals surface area contributed by atoms with E-state index in [0.29, 0.717) is 17.9 Å². The average molecular weight is 194 g/mol. The van der Waals surface area contributed by atoms with E-state index < -0.39 is 0 Å². The molecular formula is C11H14O3. The Morgan fingerprint density at radius 1 is 1.43 bits per heavy atom. The molecule has 1 aromatic carbocycles. The van der Waals surface area contributed by atoms with E-state index in [4.69, 9.17) is 9.47 Å². The van der Waals surface area contributed by atoms with Crippen LogP contribution in [0.5, 0.6) is 11.5 Å². The van der Waals surface area contributed by atoms with Crippen molar-refractivity contribution in [3.8, 4) is 11.5 Å². The first kappa shape index (κ1) is 10.6. The van der Waals surface area contributed by atoms with Gasteiger partial charge in [0.15, 0.2) is 0 Å². The van der Waals surface area contributed by atoms with Crippen molar-refractivity contribution in [1.29, 1.82) is 0 Å². The van der Waals surface area contributed by atoms with E-state index >= 15 is 0 Å². The standard InChI is InChI=1S/C11H14O3/c1-4-11(12)14-10-7-9(13-3)6-5-8(10)2/h5-7H,4H2,1-3H3. The number of hydrogen-bond acceptors (Lipinski definition) is 3. The van der Waals surface area contributed by atoms with Crippen LogP contribution in [0.1, 0.15) is 18.9 Å². The lowest BCUT2D eigenvalue weighted by Gasteiger charge is -2.07. The number of aryl methyl sites for hydroxylation is 1. The summed E-state index contributed by atoms with van der Waals surface area (Å²) in [5.41, 5.74) is 0.924. The van der Waals surface area contributed by atoms with Gasteiger partial charge in [-0.3, -0.25) is 4.79 Å². The number of carbonyl (C=O) groups excluding carboxylic acids is 1. The highest BCUT2D eigenvalue weighted by Gasteiger charge is 2.05. The van der Waals surface area contributed by atoms with Crippen molar-refractivity contribution in [1.82, 2.24) is 0 Å². The number of ether oxygens (including phenoxy) is 2. The molecule has 0 saturated carbocycles. The molecule has 0 amide bonds. The van der Waals surface area contributed by atoms with E-state index in [1.807, 2.05) is 19.1 Å². The lowest BCUT2D eigenvalue weighted by Crippen LogP contribution is -2.06. The van der Waals surface area contributed by atoms with E-state index in [-0.39, 0.29) is 5.97 Å². The summed E-state index contributed by atoms with van der Waals surface area (Å²) in [6, 6.07) is 5.40. The Balaban J connectivity index is 2.89. The van der Waals surface area contributed by atoms with Gasteiger partial charge in [0.25, 0.3) is 0 Å². The Bertz CT molecular complexity index is 331. The highest BCUT2D eigenvalue weighted by atomic mass is 16.5. The number of carbonyl (C=O) groups is 1.